The van der Waals surface area contributed by atoms with E-state index in [-0.39, 0.29) is 5.78 Å². The van der Waals surface area contributed by atoms with Crippen molar-refractivity contribution < 1.29 is 4.79 Å². The molecule has 3 heterocycles. The van der Waals surface area contributed by atoms with Gasteiger partial charge >= 0.3 is 0 Å². The normalized spacial score (nSPS) is 10.9. The predicted molar refractivity (Wildman–Crippen MR) is 98.2 cm³/mol. The number of hydrogen-bond donors (Lipinski definition) is 0. The third-order valence-electron chi connectivity index (χ3n) is 3.94. The fraction of sp³-hybridized carbons (Fsp3) is 0. The Kier molecular flexibility index (Phi) is 3.75. The minimum Gasteiger partial charge on any atom is -0.312 e. The summed E-state index contributed by atoms with van der Waals surface area (Å²) < 4.78 is 2.84. The van der Waals surface area contributed by atoms with Gasteiger partial charge in [-0.1, -0.05) is 36.4 Å². The fourth-order valence-corrected chi connectivity index (χ4v) is 3.15. The minimum atomic E-state index is -0.00844. The first-order valence-corrected chi connectivity index (χ1v) is 8.35. The Bertz CT molecular complexity index is 1020. The number of carbonyl (C=O) groups excluding carboxylic acids is 1. The molecule has 3 nitrogen and oxygen atoms in total. The molecule has 0 fully saturated rings. The van der Waals surface area contributed by atoms with E-state index in [0.717, 1.165) is 21.2 Å². The van der Waals surface area contributed by atoms with Crippen LogP contribution in [0.4, 0.5) is 0 Å². The molecule has 0 atom stereocenters. The van der Waals surface area contributed by atoms with Crippen molar-refractivity contribution in [3.8, 4) is 11.3 Å². The number of ketones is 1. The van der Waals surface area contributed by atoms with Gasteiger partial charge in [0.1, 0.15) is 0 Å². The maximum Gasteiger partial charge on any atom is 0.209 e. The fourth-order valence-electron chi connectivity index (χ4n) is 2.81. The molecule has 0 bridgehead atoms. The minimum absolute atomic E-state index is 0.00844. The van der Waals surface area contributed by atoms with Crippen LogP contribution in [0.25, 0.3) is 16.8 Å². The Morgan fingerprint density at radius 1 is 0.958 bits per heavy atom. The van der Waals surface area contributed by atoms with Crippen LogP contribution in [0.3, 0.4) is 0 Å². The molecule has 4 rings (SSSR count). The van der Waals surface area contributed by atoms with E-state index >= 15 is 0 Å². The van der Waals surface area contributed by atoms with E-state index in [1.165, 1.54) is 0 Å². The topological polar surface area (TPSA) is 34.4 Å². The Labute approximate surface area is 147 Å². The van der Waals surface area contributed by atoms with Gasteiger partial charge in [-0.2, -0.15) is 0 Å². The molecule has 0 saturated heterocycles. The molecule has 0 radical (unpaired) electrons. The number of halogens is 1. The maximum absolute atomic E-state index is 13.0. The highest BCUT2D eigenvalue weighted by molar-refractivity contribution is 9.10. The zero-order chi connectivity index (χ0) is 16.5. The third kappa shape index (κ3) is 2.55. The molecule has 24 heavy (non-hydrogen) atoms. The zero-order valence-corrected chi connectivity index (χ0v) is 14.3. The largest absolute Gasteiger partial charge is 0.312 e. The summed E-state index contributed by atoms with van der Waals surface area (Å²) in [6.45, 7) is 0. The van der Waals surface area contributed by atoms with E-state index in [9.17, 15) is 4.79 Å². The summed E-state index contributed by atoms with van der Waals surface area (Å²) in [5.74, 6) is -0.00844. The number of rotatable bonds is 3. The lowest BCUT2D eigenvalue weighted by atomic mass is 10.1. The van der Waals surface area contributed by atoms with Crippen LogP contribution in [0.2, 0.25) is 0 Å². The van der Waals surface area contributed by atoms with Crippen LogP contribution in [0, 0.1) is 0 Å². The Hall–Kier alpha value is -2.72. The third-order valence-corrected chi connectivity index (χ3v) is 4.41. The van der Waals surface area contributed by atoms with Gasteiger partial charge in [-0.3, -0.25) is 9.78 Å². The molecular formula is C20H13BrN2O. The molecule has 116 valence electrons. The summed E-state index contributed by atoms with van der Waals surface area (Å²) in [6, 6.07) is 21.0. The van der Waals surface area contributed by atoms with Crippen molar-refractivity contribution in [2.45, 2.75) is 0 Å². The lowest BCUT2D eigenvalue weighted by Gasteiger charge is -2.03. The van der Waals surface area contributed by atoms with Crippen molar-refractivity contribution in [3.63, 3.8) is 0 Å². The van der Waals surface area contributed by atoms with Crippen molar-refractivity contribution >= 4 is 27.2 Å². The highest BCUT2D eigenvalue weighted by atomic mass is 79.9. The second-order valence-electron chi connectivity index (χ2n) is 5.46. The number of carbonyl (C=O) groups is 1. The van der Waals surface area contributed by atoms with E-state index in [1.807, 2.05) is 77.3 Å². The molecule has 0 saturated carbocycles. The van der Waals surface area contributed by atoms with Crippen LogP contribution in [-0.4, -0.2) is 15.2 Å². The van der Waals surface area contributed by atoms with E-state index in [0.29, 0.717) is 11.3 Å². The predicted octanol–water partition coefficient (Wildman–Crippen LogP) is 4.99. The molecule has 4 heteroatoms. The molecule has 0 aliphatic carbocycles. The molecule has 0 amide bonds. The maximum atomic E-state index is 13.0. The van der Waals surface area contributed by atoms with Crippen molar-refractivity contribution in [1.82, 2.24) is 9.38 Å². The standard InChI is InChI=1S/C20H13BrN2O/c21-15-9-10-18-16(17-8-4-5-11-22-17)12-19(23(18)13-15)20(24)14-6-2-1-3-7-14/h1-13H. The number of pyridine rings is 2. The van der Waals surface area contributed by atoms with Gasteiger partial charge in [-0.15, -0.1) is 0 Å². The lowest BCUT2D eigenvalue weighted by molar-refractivity contribution is 0.103. The quantitative estimate of drug-likeness (QED) is 0.471. The van der Waals surface area contributed by atoms with Crippen LogP contribution in [0.15, 0.2) is 83.6 Å². The van der Waals surface area contributed by atoms with Crippen LogP contribution in [-0.2, 0) is 0 Å². The molecule has 0 aliphatic rings. The van der Waals surface area contributed by atoms with E-state index in [4.69, 9.17) is 0 Å². The van der Waals surface area contributed by atoms with Crippen LogP contribution < -0.4 is 0 Å². The van der Waals surface area contributed by atoms with Gasteiger partial charge in [0.15, 0.2) is 0 Å². The monoisotopic (exact) mass is 376 g/mol. The summed E-state index contributed by atoms with van der Waals surface area (Å²) >= 11 is 3.49. The second kappa shape index (κ2) is 6.06. The first kappa shape index (κ1) is 14.8. The summed E-state index contributed by atoms with van der Waals surface area (Å²) in [5, 5.41) is 0. The highest BCUT2D eigenvalue weighted by Gasteiger charge is 2.18. The van der Waals surface area contributed by atoms with Gasteiger partial charge in [0, 0.05) is 28.0 Å². The van der Waals surface area contributed by atoms with E-state index in [2.05, 4.69) is 20.9 Å². The van der Waals surface area contributed by atoms with Gasteiger partial charge in [0.05, 0.1) is 16.9 Å². The van der Waals surface area contributed by atoms with Crippen molar-refractivity contribution in [2.75, 3.05) is 0 Å². The molecule has 0 unspecified atom stereocenters. The molecule has 0 spiro atoms. The zero-order valence-electron chi connectivity index (χ0n) is 12.7. The number of benzene rings is 1. The molecule has 0 N–H and O–H groups in total. The SMILES string of the molecule is O=C(c1ccccc1)c1cc(-c2ccccn2)c2ccc(Br)cn12. The molecule has 0 aliphatic heterocycles. The first-order chi connectivity index (χ1) is 11.7. The van der Waals surface area contributed by atoms with Crippen molar-refractivity contribution in [1.29, 1.82) is 0 Å². The lowest BCUT2D eigenvalue weighted by Crippen LogP contribution is -2.04. The van der Waals surface area contributed by atoms with Gasteiger partial charge in [-0.05, 0) is 46.3 Å². The summed E-state index contributed by atoms with van der Waals surface area (Å²) in [5.41, 5.74) is 4.05. The number of hydrogen-bond acceptors (Lipinski definition) is 2. The average molecular weight is 377 g/mol. The van der Waals surface area contributed by atoms with Crippen LogP contribution in [0.5, 0.6) is 0 Å². The highest BCUT2D eigenvalue weighted by Crippen LogP contribution is 2.29. The van der Waals surface area contributed by atoms with Gasteiger partial charge in [-0.25, -0.2) is 0 Å². The number of fused-ring (bicyclic) bond motifs is 1. The van der Waals surface area contributed by atoms with Crippen LogP contribution in [0.1, 0.15) is 16.1 Å². The average Bonchev–Trinajstić information content (AvgIpc) is 3.01. The number of aromatic nitrogens is 2. The molecule has 3 aromatic heterocycles. The Morgan fingerprint density at radius 3 is 2.50 bits per heavy atom. The van der Waals surface area contributed by atoms with Crippen LogP contribution >= 0.6 is 15.9 Å². The molecular weight excluding hydrogens is 364 g/mol. The first-order valence-electron chi connectivity index (χ1n) is 7.56. The van der Waals surface area contributed by atoms with Gasteiger partial charge in [0.25, 0.3) is 0 Å². The molecule has 4 aromatic rings. The summed E-state index contributed by atoms with van der Waals surface area (Å²) in [4.78, 5) is 17.4. The smallest absolute Gasteiger partial charge is 0.209 e. The second-order valence-corrected chi connectivity index (χ2v) is 6.37. The Morgan fingerprint density at radius 2 is 1.75 bits per heavy atom. The number of nitrogens with zero attached hydrogens (tertiary/aromatic N) is 2. The molecule has 1 aromatic carbocycles. The van der Waals surface area contributed by atoms with Gasteiger partial charge in [0.2, 0.25) is 5.78 Å². The van der Waals surface area contributed by atoms with E-state index < -0.39 is 0 Å². The Balaban J connectivity index is 1.96. The summed E-state index contributed by atoms with van der Waals surface area (Å²) in [6.07, 6.45) is 3.67. The van der Waals surface area contributed by atoms with Crippen molar-refractivity contribution in [3.05, 3.63) is 94.9 Å². The van der Waals surface area contributed by atoms with Gasteiger partial charge < -0.3 is 4.40 Å². The van der Waals surface area contributed by atoms with Crippen molar-refractivity contribution in [2.24, 2.45) is 0 Å². The van der Waals surface area contributed by atoms with E-state index in [1.54, 1.807) is 6.20 Å². The summed E-state index contributed by atoms with van der Waals surface area (Å²) in [7, 11) is 0.